The molecule has 3 aromatic heterocycles. The standard InChI is InChI=1S/C46H51N4O/c1-42(2,3)33-26-35(43(4,5)6)47-39-37(33)45(9,10)46(11,12)50-34-20-16-19-30(38(34)48-41(39)50)28-21-22-32-31(25-28)40-36(44(32,7)8)29(23-24-49(40)51)27-17-14-13-15-18-27/h13-26,51H,1-12H3/q+1. The second-order valence-corrected chi connectivity index (χ2v) is 18.5. The number of hydrogen-bond donors (Lipinski definition) is 1. The fraction of sp³-hybridized carbons (Fsp3) is 0.370. The number of benzene rings is 3. The zero-order chi connectivity index (χ0) is 36.6. The molecule has 0 atom stereocenters. The van der Waals surface area contributed by atoms with Crippen LogP contribution >= 0.6 is 0 Å². The Morgan fingerprint density at radius 2 is 1.37 bits per heavy atom. The molecular weight excluding hydrogens is 625 g/mol. The third-order valence-electron chi connectivity index (χ3n) is 12.3. The van der Waals surface area contributed by atoms with Gasteiger partial charge in [0.15, 0.2) is 5.82 Å². The van der Waals surface area contributed by atoms with E-state index in [9.17, 15) is 5.21 Å². The van der Waals surface area contributed by atoms with Crippen molar-refractivity contribution in [2.75, 3.05) is 0 Å². The minimum absolute atomic E-state index is 0.0713. The number of rotatable bonds is 2. The lowest BCUT2D eigenvalue weighted by Crippen LogP contribution is -2.50. The zero-order valence-corrected chi connectivity index (χ0v) is 32.3. The van der Waals surface area contributed by atoms with Gasteiger partial charge in [0.05, 0.1) is 22.1 Å². The summed E-state index contributed by atoms with van der Waals surface area (Å²) in [6.07, 6.45) is 1.77. The molecule has 5 nitrogen and oxygen atoms in total. The van der Waals surface area contributed by atoms with Crippen LogP contribution in [0.1, 0.15) is 111 Å². The second-order valence-electron chi connectivity index (χ2n) is 18.5. The Morgan fingerprint density at radius 1 is 0.667 bits per heavy atom. The van der Waals surface area contributed by atoms with E-state index in [0.717, 1.165) is 67.3 Å². The van der Waals surface area contributed by atoms with E-state index in [-0.39, 0.29) is 27.2 Å². The van der Waals surface area contributed by atoms with Crippen molar-refractivity contribution in [2.24, 2.45) is 0 Å². The lowest BCUT2D eigenvalue weighted by molar-refractivity contribution is -0.896. The second kappa shape index (κ2) is 10.4. The molecule has 2 aliphatic rings. The normalized spacial score (nSPS) is 16.8. The summed E-state index contributed by atoms with van der Waals surface area (Å²) in [6.45, 7) is 27.7. The molecule has 0 amide bonds. The van der Waals surface area contributed by atoms with Gasteiger partial charge >= 0.3 is 0 Å². The summed E-state index contributed by atoms with van der Waals surface area (Å²) in [6, 6.07) is 28.2. The largest absolute Gasteiger partial charge is 0.316 e. The van der Waals surface area contributed by atoms with Gasteiger partial charge in [-0.2, -0.15) is 0 Å². The van der Waals surface area contributed by atoms with Crippen molar-refractivity contribution in [3.8, 4) is 45.0 Å². The summed E-state index contributed by atoms with van der Waals surface area (Å²) in [4.78, 5) is 11.0. The number of para-hydroxylation sites is 1. The first-order chi connectivity index (χ1) is 23.8. The molecule has 51 heavy (non-hydrogen) atoms. The number of nitrogens with zero attached hydrogens (tertiary/aromatic N) is 4. The van der Waals surface area contributed by atoms with Gasteiger partial charge in [-0.15, -0.1) is 0 Å². The minimum Gasteiger partial charge on any atom is -0.316 e. The Morgan fingerprint density at radius 3 is 2.04 bits per heavy atom. The maximum Gasteiger partial charge on any atom is 0.269 e. The van der Waals surface area contributed by atoms with Crippen molar-refractivity contribution < 1.29 is 9.94 Å². The number of imidazole rings is 1. The van der Waals surface area contributed by atoms with E-state index in [4.69, 9.17) is 9.97 Å². The van der Waals surface area contributed by atoms with E-state index in [1.165, 1.54) is 21.4 Å². The average molecular weight is 676 g/mol. The molecule has 3 aromatic carbocycles. The van der Waals surface area contributed by atoms with E-state index in [1.807, 2.05) is 12.1 Å². The molecule has 0 unspecified atom stereocenters. The predicted octanol–water partition coefficient (Wildman–Crippen LogP) is 10.9. The zero-order valence-electron chi connectivity index (χ0n) is 32.3. The summed E-state index contributed by atoms with van der Waals surface area (Å²) in [7, 11) is 0. The highest BCUT2D eigenvalue weighted by molar-refractivity contribution is 5.97. The number of aromatic nitrogens is 4. The third kappa shape index (κ3) is 4.55. The van der Waals surface area contributed by atoms with Gasteiger partial charge < -0.3 is 4.57 Å². The summed E-state index contributed by atoms with van der Waals surface area (Å²) >= 11 is 0. The van der Waals surface area contributed by atoms with Crippen LogP contribution in [0.2, 0.25) is 0 Å². The van der Waals surface area contributed by atoms with Gasteiger partial charge in [0.2, 0.25) is 6.20 Å². The van der Waals surface area contributed by atoms with Crippen LogP contribution < -0.4 is 4.73 Å². The first-order valence-corrected chi connectivity index (χ1v) is 18.3. The lowest BCUT2D eigenvalue weighted by atomic mass is 9.62. The van der Waals surface area contributed by atoms with E-state index in [0.29, 0.717) is 0 Å². The SMILES string of the molecule is CC(C)(C)c1cc(C(C)(C)C)c2c(n1)-c1nc3c(-c4ccc5c(c4)-c4c(c(-c6ccccc6)cc[n+]4O)C5(C)C)cccc3n1C(C)(C)C2(C)C. The van der Waals surface area contributed by atoms with Crippen LogP contribution in [0, 0.1) is 0 Å². The summed E-state index contributed by atoms with van der Waals surface area (Å²) in [5.74, 6) is 0.932. The number of fused-ring (bicyclic) bond motifs is 8. The van der Waals surface area contributed by atoms with Gasteiger partial charge in [0, 0.05) is 43.9 Å². The van der Waals surface area contributed by atoms with Crippen LogP contribution in [-0.2, 0) is 27.2 Å². The molecule has 8 rings (SSSR count). The summed E-state index contributed by atoms with van der Waals surface area (Å²) < 4.78 is 3.77. The molecule has 1 aliphatic carbocycles. The van der Waals surface area contributed by atoms with Crippen LogP contribution in [0.25, 0.3) is 56.1 Å². The first kappa shape index (κ1) is 33.4. The highest BCUT2D eigenvalue weighted by Crippen LogP contribution is 2.55. The van der Waals surface area contributed by atoms with Crippen LogP contribution in [-0.4, -0.2) is 19.7 Å². The van der Waals surface area contributed by atoms with E-state index in [2.05, 4.69) is 154 Å². The maximum absolute atomic E-state index is 11.4. The van der Waals surface area contributed by atoms with Gasteiger partial charge in [0.25, 0.3) is 5.69 Å². The van der Waals surface area contributed by atoms with Gasteiger partial charge in [-0.1, -0.05) is 124 Å². The van der Waals surface area contributed by atoms with Crippen LogP contribution in [0.15, 0.2) is 85.1 Å². The quantitative estimate of drug-likeness (QED) is 0.147. The monoisotopic (exact) mass is 675 g/mol. The molecule has 0 saturated heterocycles. The smallest absolute Gasteiger partial charge is 0.269 e. The first-order valence-electron chi connectivity index (χ1n) is 18.3. The Kier molecular flexibility index (Phi) is 6.81. The topological polar surface area (TPSA) is 54.8 Å². The Labute approximate surface area is 303 Å². The van der Waals surface area contributed by atoms with E-state index in [1.54, 1.807) is 6.20 Å². The lowest BCUT2D eigenvalue weighted by Gasteiger charge is -2.50. The van der Waals surface area contributed by atoms with Crippen molar-refractivity contribution >= 4 is 11.0 Å². The highest BCUT2D eigenvalue weighted by atomic mass is 16.5. The molecule has 5 heteroatoms. The van der Waals surface area contributed by atoms with Gasteiger partial charge in [-0.3, -0.25) is 5.21 Å². The molecule has 260 valence electrons. The third-order valence-corrected chi connectivity index (χ3v) is 12.3. The van der Waals surface area contributed by atoms with E-state index >= 15 is 0 Å². The summed E-state index contributed by atoms with van der Waals surface area (Å²) in [5, 5.41) is 11.4. The Hall–Kier alpha value is -4.77. The maximum atomic E-state index is 11.4. The molecule has 0 saturated carbocycles. The molecule has 6 aromatic rings. The molecule has 0 spiro atoms. The highest BCUT2D eigenvalue weighted by Gasteiger charge is 2.51. The van der Waals surface area contributed by atoms with Crippen molar-refractivity contribution in [2.45, 2.75) is 110 Å². The average Bonchev–Trinajstić information content (AvgIpc) is 3.57. The molecule has 1 N–H and O–H groups in total. The number of pyridine rings is 2. The Balaban J connectivity index is 1.39. The summed E-state index contributed by atoms with van der Waals surface area (Å²) in [5.41, 5.74) is 14.5. The van der Waals surface area contributed by atoms with Crippen LogP contribution in [0.3, 0.4) is 0 Å². The molecule has 0 fully saturated rings. The van der Waals surface area contributed by atoms with Gasteiger partial charge in [0.1, 0.15) is 5.69 Å². The molecule has 0 bridgehead atoms. The van der Waals surface area contributed by atoms with Gasteiger partial charge in [-0.25, -0.2) is 9.97 Å². The predicted molar refractivity (Wildman–Crippen MR) is 209 cm³/mol. The van der Waals surface area contributed by atoms with Gasteiger partial charge in [-0.05, 0) is 70.8 Å². The van der Waals surface area contributed by atoms with Crippen molar-refractivity contribution in [3.05, 3.63) is 113 Å². The molecule has 0 radical (unpaired) electrons. The van der Waals surface area contributed by atoms with Crippen molar-refractivity contribution in [1.82, 2.24) is 14.5 Å². The van der Waals surface area contributed by atoms with Crippen molar-refractivity contribution in [1.29, 1.82) is 0 Å². The number of hydrogen-bond acceptors (Lipinski definition) is 3. The minimum atomic E-state index is -0.305. The molecular formula is C46H51N4O+. The van der Waals surface area contributed by atoms with Crippen LogP contribution in [0.5, 0.6) is 0 Å². The fourth-order valence-corrected chi connectivity index (χ4v) is 8.84. The van der Waals surface area contributed by atoms with E-state index < -0.39 is 0 Å². The molecule has 1 aliphatic heterocycles. The molecule has 4 heterocycles. The Bertz CT molecular complexity index is 2410. The fourth-order valence-electron chi connectivity index (χ4n) is 8.84. The van der Waals surface area contributed by atoms with Crippen molar-refractivity contribution in [3.63, 3.8) is 0 Å². The van der Waals surface area contributed by atoms with Crippen LogP contribution in [0.4, 0.5) is 0 Å².